The molecule has 2 unspecified atom stereocenters. The number of carbonyl (C=O) groups is 1. The number of hydrogen-bond donors (Lipinski definition) is 2. The molecule has 0 aliphatic rings. The van der Waals surface area contributed by atoms with E-state index < -0.39 is 0 Å². The smallest absolute Gasteiger partial charge is 0.228 e. The van der Waals surface area contributed by atoms with Crippen LogP contribution >= 0.6 is 0 Å². The molecule has 0 saturated carbocycles. The Balaban J connectivity index is 2.27. The fourth-order valence-electron chi connectivity index (χ4n) is 2.02. The molecule has 1 aromatic carbocycles. The molecule has 0 aliphatic heterocycles. The highest BCUT2D eigenvalue weighted by Gasteiger charge is 2.17. The van der Waals surface area contributed by atoms with E-state index >= 15 is 0 Å². The Bertz CT molecular complexity index is 615. The lowest BCUT2D eigenvalue weighted by atomic mass is 10.0. The van der Waals surface area contributed by atoms with E-state index in [0.29, 0.717) is 0 Å². The van der Waals surface area contributed by atoms with E-state index in [1.54, 1.807) is 0 Å². The Morgan fingerprint density at radius 1 is 1.30 bits per heavy atom. The minimum Gasteiger partial charge on any atom is -0.327 e. The first kappa shape index (κ1) is 14.5. The first-order valence-corrected chi connectivity index (χ1v) is 6.94. The Kier molecular flexibility index (Phi) is 4.09. The predicted molar refractivity (Wildman–Crippen MR) is 81.6 cm³/mol. The lowest BCUT2D eigenvalue weighted by Gasteiger charge is -2.15. The average Bonchev–Trinajstić information content (AvgIpc) is 2.80. The summed E-state index contributed by atoms with van der Waals surface area (Å²) in [5.41, 5.74) is 7.55. The third-order valence-corrected chi connectivity index (χ3v) is 3.56. The van der Waals surface area contributed by atoms with Crippen molar-refractivity contribution in [2.24, 2.45) is 11.7 Å². The number of benzene rings is 1. The van der Waals surface area contributed by atoms with Crippen LogP contribution in [0.15, 0.2) is 24.4 Å². The third kappa shape index (κ3) is 2.82. The van der Waals surface area contributed by atoms with Crippen LogP contribution < -0.4 is 11.1 Å². The molecule has 1 amide bonds. The van der Waals surface area contributed by atoms with Crippen molar-refractivity contribution in [3.05, 3.63) is 24.4 Å². The molecule has 2 atom stereocenters. The van der Waals surface area contributed by atoms with Crippen molar-refractivity contribution < 1.29 is 4.79 Å². The Morgan fingerprint density at radius 3 is 2.60 bits per heavy atom. The van der Waals surface area contributed by atoms with E-state index in [2.05, 4.69) is 24.3 Å². The Hall–Kier alpha value is -1.88. The number of amides is 1. The summed E-state index contributed by atoms with van der Waals surface area (Å²) in [7, 11) is 0. The topological polar surface area (TPSA) is 72.9 Å². The lowest BCUT2D eigenvalue weighted by molar-refractivity contribution is -0.119. The Labute approximate surface area is 119 Å². The highest BCUT2D eigenvalue weighted by molar-refractivity contribution is 5.95. The van der Waals surface area contributed by atoms with Gasteiger partial charge in [-0.25, -0.2) is 0 Å². The average molecular weight is 274 g/mol. The number of nitrogens with zero attached hydrogens (tertiary/aromatic N) is 2. The fraction of sp³-hybridized carbons (Fsp3) is 0.467. The molecule has 0 aliphatic carbocycles. The quantitative estimate of drug-likeness (QED) is 0.899. The highest BCUT2D eigenvalue weighted by atomic mass is 16.1. The van der Waals surface area contributed by atoms with Crippen molar-refractivity contribution in [2.45, 2.75) is 39.8 Å². The number of nitrogens with two attached hydrogens (primary N) is 1. The van der Waals surface area contributed by atoms with E-state index in [-0.39, 0.29) is 23.9 Å². The van der Waals surface area contributed by atoms with Crippen molar-refractivity contribution in [1.29, 1.82) is 0 Å². The van der Waals surface area contributed by atoms with Gasteiger partial charge in [0.2, 0.25) is 5.91 Å². The van der Waals surface area contributed by atoms with Gasteiger partial charge in [0.25, 0.3) is 0 Å². The van der Waals surface area contributed by atoms with Gasteiger partial charge in [-0.2, -0.15) is 5.10 Å². The zero-order valence-electron chi connectivity index (χ0n) is 12.4. The van der Waals surface area contributed by atoms with Crippen LogP contribution in [0.5, 0.6) is 0 Å². The predicted octanol–water partition coefficient (Wildman–Crippen LogP) is 2.54. The molecule has 1 heterocycles. The van der Waals surface area contributed by atoms with Gasteiger partial charge in [-0.05, 0) is 39.0 Å². The first-order chi connectivity index (χ1) is 9.40. The monoisotopic (exact) mass is 274 g/mol. The maximum Gasteiger partial charge on any atom is 0.228 e. The molecular formula is C15H22N4O. The summed E-state index contributed by atoms with van der Waals surface area (Å²) in [6, 6.07) is 5.92. The summed E-state index contributed by atoms with van der Waals surface area (Å²) in [5, 5.41) is 8.34. The standard InChI is InChI=1S/C15H22N4O/c1-9(2)19-14-7-13(6-5-12(14)8-17-19)18-15(20)10(3)11(4)16/h5-11H,16H2,1-4H3,(H,18,20). The number of fused-ring (bicyclic) bond motifs is 1. The minimum atomic E-state index is -0.222. The molecule has 0 spiro atoms. The molecule has 1 aromatic heterocycles. The van der Waals surface area contributed by atoms with E-state index in [0.717, 1.165) is 16.6 Å². The summed E-state index contributed by atoms with van der Waals surface area (Å²) in [5.74, 6) is -0.282. The molecule has 0 radical (unpaired) electrons. The van der Waals surface area contributed by atoms with Crippen LogP contribution in [-0.2, 0) is 4.79 Å². The molecule has 20 heavy (non-hydrogen) atoms. The van der Waals surface area contributed by atoms with E-state index in [4.69, 9.17) is 5.73 Å². The van der Waals surface area contributed by atoms with Gasteiger partial charge in [-0.3, -0.25) is 9.48 Å². The number of rotatable bonds is 4. The summed E-state index contributed by atoms with van der Waals surface area (Å²) >= 11 is 0. The van der Waals surface area contributed by atoms with Gasteiger partial charge in [0, 0.05) is 23.2 Å². The van der Waals surface area contributed by atoms with Gasteiger partial charge >= 0.3 is 0 Å². The minimum absolute atomic E-state index is 0.0602. The van der Waals surface area contributed by atoms with Crippen LogP contribution in [0.25, 0.3) is 10.9 Å². The van der Waals surface area contributed by atoms with Crippen molar-refractivity contribution in [3.63, 3.8) is 0 Å². The number of nitrogens with one attached hydrogen (secondary N) is 1. The number of hydrogen-bond acceptors (Lipinski definition) is 3. The van der Waals surface area contributed by atoms with E-state index in [9.17, 15) is 4.79 Å². The van der Waals surface area contributed by atoms with E-state index in [1.807, 2.05) is 42.9 Å². The molecule has 5 nitrogen and oxygen atoms in total. The molecule has 0 bridgehead atoms. The van der Waals surface area contributed by atoms with Gasteiger partial charge in [-0.15, -0.1) is 0 Å². The normalized spacial score (nSPS) is 14.5. The second kappa shape index (κ2) is 5.63. The fourth-order valence-corrected chi connectivity index (χ4v) is 2.02. The maximum atomic E-state index is 12.0. The molecule has 2 rings (SSSR count). The van der Waals surface area contributed by atoms with Gasteiger partial charge in [0.1, 0.15) is 0 Å². The van der Waals surface area contributed by atoms with Crippen LogP contribution in [0.2, 0.25) is 0 Å². The summed E-state index contributed by atoms with van der Waals surface area (Å²) in [6.45, 7) is 7.82. The van der Waals surface area contributed by atoms with Crippen molar-refractivity contribution >= 4 is 22.5 Å². The van der Waals surface area contributed by atoms with Crippen LogP contribution in [0.1, 0.15) is 33.7 Å². The second-order valence-corrected chi connectivity index (χ2v) is 5.59. The molecular weight excluding hydrogens is 252 g/mol. The zero-order valence-corrected chi connectivity index (χ0v) is 12.4. The molecule has 108 valence electrons. The number of carbonyl (C=O) groups excluding carboxylic acids is 1. The SMILES string of the molecule is CC(N)C(C)C(=O)Nc1ccc2cnn(C(C)C)c2c1. The highest BCUT2D eigenvalue weighted by Crippen LogP contribution is 2.22. The van der Waals surface area contributed by atoms with Gasteiger partial charge < -0.3 is 11.1 Å². The van der Waals surface area contributed by atoms with Crippen molar-refractivity contribution in [2.75, 3.05) is 5.32 Å². The molecule has 2 aromatic rings. The van der Waals surface area contributed by atoms with Gasteiger partial charge in [0.05, 0.1) is 17.6 Å². The zero-order chi connectivity index (χ0) is 14.9. The van der Waals surface area contributed by atoms with E-state index in [1.165, 1.54) is 0 Å². The summed E-state index contributed by atoms with van der Waals surface area (Å²) < 4.78 is 1.94. The van der Waals surface area contributed by atoms with Gasteiger partial charge in [0.15, 0.2) is 0 Å². The van der Waals surface area contributed by atoms with Crippen LogP contribution in [0, 0.1) is 5.92 Å². The van der Waals surface area contributed by atoms with Crippen LogP contribution in [0.4, 0.5) is 5.69 Å². The molecule has 3 N–H and O–H groups in total. The third-order valence-electron chi connectivity index (χ3n) is 3.56. The molecule has 5 heteroatoms. The molecule has 0 fully saturated rings. The van der Waals surface area contributed by atoms with Crippen LogP contribution in [-0.4, -0.2) is 21.7 Å². The lowest BCUT2D eigenvalue weighted by Crippen LogP contribution is -2.34. The Morgan fingerprint density at radius 2 is 2.00 bits per heavy atom. The van der Waals surface area contributed by atoms with Crippen molar-refractivity contribution in [1.82, 2.24) is 9.78 Å². The largest absolute Gasteiger partial charge is 0.327 e. The van der Waals surface area contributed by atoms with Gasteiger partial charge in [-0.1, -0.05) is 6.92 Å². The maximum absolute atomic E-state index is 12.0. The molecule has 0 saturated heterocycles. The van der Waals surface area contributed by atoms with Crippen LogP contribution in [0.3, 0.4) is 0 Å². The summed E-state index contributed by atoms with van der Waals surface area (Å²) in [4.78, 5) is 12.0. The second-order valence-electron chi connectivity index (χ2n) is 5.59. The van der Waals surface area contributed by atoms with Crippen molar-refractivity contribution in [3.8, 4) is 0 Å². The first-order valence-electron chi connectivity index (χ1n) is 6.94. The number of aromatic nitrogens is 2. The number of anilines is 1. The summed E-state index contributed by atoms with van der Waals surface area (Å²) in [6.07, 6.45) is 1.84.